The molecule has 4 aromatic carbocycles. The van der Waals surface area contributed by atoms with Crippen LogP contribution >= 0.6 is 34.8 Å². The van der Waals surface area contributed by atoms with Crippen molar-refractivity contribution in [2.75, 3.05) is 17.2 Å². The first-order chi connectivity index (χ1) is 25.5. The molecular formula is C44H46Cl3N3O3. The maximum atomic E-state index is 7.41. The Morgan fingerprint density at radius 2 is 0.717 bits per heavy atom. The molecule has 6 nitrogen and oxygen atoms in total. The normalized spacial score (nSPS) is 31.9. The molecule has 8 fully saturated rings. The van der Waals surface area contributed by atoms with E-state index in [1.807, 2.05) is 36.4 Å². The Kier molecular flexibility index (Phi) is 8.06. The molecule has 0 radical (unpaired) electrons. The Morgan fingerprint density at radius 1 is 0.415 bits per heavy atom. The van der Waals surface area contributed by atoms with E-state index in [9.17, 15) is 0 Å². The van der Waals surface area contributed by atoms with Crippen molar-refractivity contribution in [2.45, 2.75) is 87.9 Å². The van der Waals surface area contributed by atoms with E-state index in [0.717, 1.165) is 55.4 Å². The van der Waals surface area contributed by atoms with Crippen molar-refractivity contribution in [3.8, 4) is 34.5 Å². The third-order valence-electron chi connectivity index (χ3n) is 13.9. The van der Waals surface area contributed by atoms with Gasteiger partial charge in [-0.05, 0) is 167 Å². The van der Waals surface area contributed by atoms with Crippen molar-refractivity contribution in [2.24, 2.45) is 35.5 Å². The molecule has 0 spiro atoms. The molecule has 8 aliphatic carbocycles. The van der Waals surface area contributed by atoms with Crippen molar-refractivity contribution < 1.29 is 14.2 Å². The lowest BCUT2D eigenvalue weighted by molar-refractivity contribution is -0.0110. The molecule has 0 aliphatic heterocycles. The van der Waals surface area contributed by atoms with Gasteiger partial charge in [-0.15, -0.1) is 0 Å². The summed E-state index contributed by atoms with van der Waals surface area (Å²) in [5.41, 5.74) is 22.3. The molecule has 0 unspecified atom stereocenters. The average molecular weight is 771 g/mol. The molecule has 0 aromatic heterocycles. The molecule has 0 amide bonds. The summed E-state index contributed by atoms with van der Waals surface area (Å²) in [7, 11) is 0. The Bertz CT molecular complexity index is 1940. The summed E-state index contributed by atoms with van der Waals surface area (Å²) in [6.07, 6.45) is 14.4. The van der Waals surface area contributed by atoms with Gasteiger partial charge in [0.1, 0.15) is 34.5 Å². The summed E-state index contributed by atoms with van der Waals surface area (Å²) in [6.45, 7) is 0. The van der Waals surface area contributed by atoms with Crippen LogP contribution in [0.25, 0.3) is 0 Å². The molecule has 53 heavy (non-hydrogen) atoms. The SMILES string of the molecule is Nc1ccc(Oc2cc(Oc3ccc(N)cc3Cl)c(C34CC5CC(CC(C5)C3)C4)c(Oc3ccc(N)cc3Cl)c2C23CC4CC(CC(C4)C2)C3)c(Cl)c1. The zero-order valence-electron chi connectivity index (χ0n) is 29.8. The van der Waals surface area contributed by atoms with E-state index in [1.54, 1.807) is 18.2 Å². The van der Waals surface area contributed by atoms with Crippen molar-refractivity contribution in [3.05, 3.63) is 86.9 Å². The van der Waals surface area contributed by atoms with Gasteiger partial charge in [0.05, 0.1) is 15.1 Å². The minimum atomic E-state index is -0.144. The van der Waals surface area contributed by atoms with Crippen LogP contribution in [0.2, 0.25) is 15.1 Å². The van der Waals surface area contributed by atoms with Gasteiger partial charge < -0.3 is 31.4 Å². The summed E-state index contributed by atoms with van der Waals surface area (Å²) < 4.78 is 21.5. The van der Waals surface area contributed by atoms with Gasteiger partial charge in [0, 0.05) is 45.1 Å². The topological polar surface area (TPSA) is 106 Å². The summed E-state index contributed by atoms with van der Waals surface area (Å²) in [5, 5.41) is 1.36. The minimum Gasteiger partial charge on any atom is -0.455 e. The Labute approximate surface area is 326 Å². The zero-order chi connectivity index (χ0) is 36.2. The number of nitrogens with two attached hydrogens (primary N) is 3. The maximum absolute atomic E-state index is 7.41. The highest BCUT2D eigenvalue weighted by molar-refractivity contribution is 6.33. The van der Waals surface area contributed by atoms with Gasteiger partial charge in [0.15, 0.2) is 0 Å². The highest BCUT2D eigenvalue weighted by Gasteiger charge is 2.58. The van der Waals surface area contributed by atoms with Crippen LogP contribution in [0.3, 0.4) is 0 Å². The molecule has 8 bridgehead atoms. The first-order valence-corrected chi connectivity index (χ1v) is 20.6. The predicted octanol–water partition coefficient (Wildman–Crippen LogP) is 12.7. The summed E-state index contributed by atoms with van der Waals surface area (Å²) in [5.74, 6) is 7.89. The second-order valence-electron chi connectivity index (χ2n) is 17.7. The lowest BCUT2D eigenvalue weighted by atomic mass is 9.46. The van der Waals surface area contributed by atoms with E-state index >= 15 is 0 Å². The second kappa shape index (κ2) is 12.5. The largest absolute Gasteiger partial charge is 0.455 e. The van der Waals surface area contributed by atoms with Gasteiger partial charge in [0.25, 0.3) is 0 Å². The van der Waals surface area contributed by atoms with Crippen LogP contribution in [-0.4, -0.2) is 0 Å². The summed E-state index contributed by atoms with van der Waals surface area (Å²) in [4.78, 5) is 0. The van der Waals surface area contributed by atoms with Gasteiger partial charge in [-0.2, -0.15) is 0 Å². The molecule has 0 saturated heterocycles. The van der Waals surface area contributed by atoms with Crippen molar-refractivity contribution in [3.63, 3.8) is 0 Å². The van der Waals surface area contributed by atoms with Gasteiger partial charge in [-0.25, -0.2) is 0 Å². The van der Waals surface area contributed by atoms with Crippen molar-refractivity contribution in [1.29, 1.82) is 0 Å². The zero-order valence-corrected chi connectivity index (χ0v) is 32.1. The number of rotatable bonds is 8. The highest BCUT2D eigenvalue weighted by atomic mass is 35.5. The number of hydrogen-bond donors (Lipinski definition) is 3. The predicted molar refractivity (Wildman–Crippen MR) is 214 cm³/mol. The Morgan fingerprint density at radius 3 is 1.02 bits per heavy atom. The smallest absolute Gasteiger partial charge is 0.146 e. The molecule has 9 heteroatoms. The molecule has 4 aromatic rings. The first-order valence-electron chi connectivity index (χ1n) is 19.4. The Balaban J connectivity index is 1.28. The number of anilines is 3. The van der Waals surface area contributed by atoms with Crippen LogP contribution in [0.15, 0.2) is 60.7 Å². The molecule has 0 heterocycles. The third-order valence-corrected chi connectivity index (χ3v) is 14.8. The molecule has 12 rings (SSSR count). The fourth-order valence-electron chi connectivity index (χ4n) is 12.9. The van der Waals surface area contributed by atoms with Gasteiger partial charge in [-0.1, -0.05) is 34.8 Å². The Hall–Kier alpha value is -3.45. The summed E-state index contributed by atoms with van der Waals surface area (Å²) in [6, 6.07) is 18.5. The number of benzene rings is 4. The summed E-state index contributed by atoms with van der Waals surface area (Å²) >= 11 is 20.8. The average Bonchev–Trinajstić information content (AvgIpc) is 3.07. The fourth-order valence-corrected chi connectivity index (χ4v) is 13.5. The third kappa shape index (κ3) is 5.90. The maximum Gasteiger partial charge on any atom is 0.146 e. The van der Waals surface area contributed by atoms with Crippen LogP contribution in [0.4, 0.5) is 17.1 Å². The van der Waals surface area contributed by atoms with Crippen LogP contribution in [-0.2, 0) is 10.8 Å². The van der Waals surface area contributed by atoms with Crippen LogP contribution in [0.5, 0.6) is 34.5 Å². The van der Waals surface area contributed by atoms with Gasteiger partial charge in [-0.3, -0.25) is 0 Å². The van der Waals surface area contributed by atoms with Crippen LogP contribution in [0.1, 0.15) is 88.2 Å². The fraction of sp³-hybridized carbons (Fsp3) is 0.455. The van der Waals surface area contributed by atoms with E-state index < -0.39 is 0 Å². The van der Waals surface area contributed by atoms with Crippen molar-refractivity contribution in [1.82, 2.24) is 0 Å². The number of halogens is 3. The van der Waals surface area contributed by atoms with Gasteiger partial charge in [0.2, 0.25) is 0 Å². The highest BCUT2D eigenvalue weighted by Crippen LogP contribution is 2.69. The number of ether oxygens (including phenoxy) is 3. The number of hydrogen-bond acceptors (Lipinski definition) is 6. The second-order valence-corrected chi connectivity index (χ2v) is 18.9. The molecule has 8 aliphatic rings. The number of nitrogen functional groups attached to an aromatic ring is 3. The van der Waals surface area contributed by atoms with E-state index in [2.05, 4.69) is 6.07 Å². The van der Waals surface area contributed by atoms with Crippen LogP contribution < -0.4 is 31.4 Å². The first kappa shape index (κ1) is 34.1. The molecule has 6 N–H and O–H groups in total. The van der Waals surface area contributed by atoms with E-state index in [-0.39, 0.29) is 10.8 Å². The molecule has 0 atom stereocenters. The molecule has 8 saturated carbocycles. The standard InChI is InChI=1S/C44H46Cl3N3O3/c45-32-13-29(48)1-4-35(32)51-38-16-39(52-36-5-2-30(49)14-33(36)46)41(44-20-26-10-27(21-44)12-28(11-26)22-44)42(53-37-6-3-31(50)15-34(37)47)40(38)43-17-23-7-24(18-43)9-25(8-23)19-43/h1-6,13-16,23-28H,7-12,17-22,48-50H2. The monoisotopic (exact) mass is 769 g/mol. The van der Waals surface area contributed by atoms with Crippen LogP contribution in [0, 0.1) is 35.5 Å². The lowest BCUT2D eigenvalue weighted by Gasteiger charge is -2.59. The minimum absolute atomic E-state index is 0.144. The lowest BCUT2D eigenvalue weighted by Crippen LogP contribution is -2.50. The van der Waals surface area contributed by atoms with E-state index in [1.165, 1.54) is 38.5 Å². The molecular weight excluding hydrogens is 725 g/mol. The van der Waals surface area contributed by atoms with Gasteiger partial charge >= 0.3 is 0 Å². The van der Waals surface area contributed by atoms with E-state index in [4.69, 9.17) is 66.2 Å². The molecule has 276 valence electrons. The van der Waals surface area contributed by atoms with Crippen molar-refractivity contribution >= 4 is 51.9 Å². The quantitative estimate of drug-likeness (QED) is 0.154. The van der Waals surface area contributed by atoms with E-state index in [0.29, 0.717) is 96.4 Å².